The molecule has 0 amide bonds. The fourth-order valence-electron chi connectivity index (χ4n) is 1.75. The van der Waals surface area contributed by atoms with Crippen molar-refractivity contribution >= 4 is 39.0 Å². The van der Waals surface area contributed by atoms with Crippen molar-refractivity contribution in [1.29, 1.82) is 0 Å². The number of nitrogens with one attached hydrogen (secondary N) is 1. The van der Waals surface area contributed by atoms with Crippen LogP contribution in [0.3, 0.4) is 0 Å². The van der Waals surface area contributed by atoms with E-state index in [-0.39, 0.29) is 5.28 Å². The average Bonchev–Trinajstić information content (AvgIpc) is 2.97. The van der Waals surface area contributed by atoms with Crippen LogP contribution in [-0.2, 0) is 6.42 Å². The summed E-state index contributed by atoms with van der Waals surface area (Å²) in [7, 11) is 0. The SMILES string of the molecule is Cc1cc2c(NCCc3ncon3)nc(Cl)nc2s1. The first kappa shape index (κ1) is 12.3. The number of anilines is 1. The van der Waals surface area contributed by atoms with Crippen LogP contribution in [0, 0.1) is 6.92 Å². The number of aryl methyl sites for hydroxylation is 1. The molecule has 3 aromatic heterocycles. The lowest BCUT2D eigenvalue weighted by Gasteiger charge is -2.05. The predicted octanol–water partition coefficient (Wildman–Crippen LogP) is 2.69. The summed E-state index contributed by atoms with van der Waals surface area (Å²) in [5.74, 6) is 1.40. The molecule has 6 nitrogen and oxygen atoms in total. The smallest absolute Gasteiger partial charge is 0.225 e. The van der Waals surface area contributed by atoms with E-state index in [1.54, 1.807) is 11.3 Å². The maximum Gasteiger partial charge on any atom is 0.225 e. The van der Waals surface area contributed by atoms with Crippen molar-refractivity contribution in [2.75, 3.05) is 11.9 Å². The summed E-state index contributed by atoms with van der Waals surface area (Å²) < 4.78 is 4.68. The van der Waals surface area contributed by atoms with Gasteiger partial charge in [-0.1, -0.05) is 5.16 Å². The molecule has 3 rings (SSSR count). The Morgan fingerprint density at radius 2 is 2.32 bits per heavy atom. The third-order valence-electron chi connectivity index (χ3n) is 2.54. The van der Waals surface area contributed by atoms with Gasteiger partial charge in [0.1, 0.15) is 10.6 Å². The monoisotopic (exact) mass is 295 g/mol. The van der Waals surface area contributed by atoms with Crippen molar-refractivity contribution in [3.8, 4) is 0 Å². The molecule has 3 aromatic rings. The first-order chi connectivity index (χ1) is 9.22. The van der Waals surface area contributed by atoms with Gasteiger partial charge in [0.2, 0.25) is 11.7 Å². The second-order valence-electron chi connectivity index (χ2n) is 3.94. The highest BCUT2D eigenvalue weighted by Gasteiger charge is 2.09. The highest BCUT2D eigenvalue weighted by atomic mass is 35.5. The van der Waals surface area contributed by atoms with Crippen LogP contribution >= 0.6 is 22.9 Å². The van der Waals surface area contributed by atoms with Gasteiger partial charge in [-0.15, -0.1) is 11.3 Å². The zero-order chi connectivity index (χ0) is 13.2. The molecule has 0 aliphatic carbocycles. The molecule has 0 saturated carbocycles. The maximum atomic E-state index is 5.92. The number of thiophene rings is 1. The van der Waals surface area contributed by atoms with Crippen LogP contribution in [0.4, 0.5) is 5.82 Å². The zero-order valence-corrected chi connectivity index (χ0v) is 11.6. The lowest BCUT2D eigenvalue weighted by atomic mass is 10.3. The van der Waals surface area contributed by atoms with E-state index < -0.39 is 0 Å². The van der Waals surface area contributed by atoms with Crippen LogP contribution in [0.15, 0.2) is 17.0 Å². The molecule has 8 heteroatoms. The summed E-state index contributed by atoms with van der Waals surface area (Å²) in [4.78, 5) is 14.4. The average molecular weight is 296 g/mol. The Kier molecular flexibility index (Phi) is 3.31. The largest absolute Gasteiger partial charge is 0.369 e. The van der Waals surface area contributed by atoms with Gasteiger partial charge in [-0.25, -0.2) is 9.97 Å². The second-order valence-corrected chi connectivity index (χ2v) is 5.51. The molecule has 1 N–H and O–H groups in total. The minimum atomic E-state index is 0.247. The normalized spacial score (nSPS) is 11.1. The molecule has 19 heavy (non-hydrogen) atoms. The molecule has 0 radical (unpaired) electrons. The Labute approximate surface area is 117 Å². The molecule has 0 unspecified atom stereocenters. The van der Waals surface area contributed by atoms with Gasteiger partial charge in [0.15, 0.2) is 5.82 Å². The van der Waals surface area contributed by atoms with Gasteiger partial charge in [0.25, 0.3) is 0 Å². The van der Waals surface area contributed by atoms with Crippen LogP contribution < -0.4 is 5.32 Å². The molecule has 3 heterocycles. The first-order valence-electron chi connectivity index (χ1n) is 5.65. The number of aromatic nitrogens is 4. The minimum absolute atomic E-state index is 0.247. The predicted molar refractivity (Wildman–Crippen MR) is 73.7 cm³/mol. The molecule has 0 spiro atoms. The van der Waals surface area contributed by atoms with Crippen molar-refractivity contribution in [1.82, 2.24) is 20.1 Å². The molecular formula is C11H10ClN5OS. The Morgan fingerprint density at radius 3 is 3.11 bits per heavy atom. The maximum absolute atomic E-state index is 5.92. The van der Waals surface area contributed by atoms with E-state index >= 15 is 0 Å². The fourth-order valence-corrected chi connectivity index (χ4v) is 2.84. The van der Waals surface area contributed by atoms with Crippen molar-refractivity contribution in [3.05, 3.63) is 28.4 Å². The van der Waals surface area contributed by atoms with Crippen LogP contribution in [0.2, 0.25) is 5.28 Å². The van der Waals surface area contributed by atoms with Crippen molar-refractivity contribution < 1.29 is 4.52 Å². The Morgan fingerprint density at radius 1 is 1.42 bits per heavy atom. The van der Waals surface area contributed by atoms with Crippen LogP contribution in [0.25, 0.3) is 10.2 Å². The lowest BCUT2D eigenvalue weighted by Crippen LogP contribution is -2.07. The number of rotatable bonds is 4. The molecule has 0 saturated heterocycles. The quantitative estimate of drug-likeness (QED) is 0.746. The van der Waals surface area contributed by atoms with Gasteiger partial charge >= 0.3 is 0 Å². The molecule has 0 aromatic carbocycles. The van der Waals surface area contributed by atoms with E-state index in [1.165, 1.54) is 11.3 Å². The summed E-state index contributed by atoms with van der Waals surface area (Å²) in [5, 5.41) is 8.21. The summed E-state index contributed by atoms with van der Waals surface area (Å²) in [5.41, 5.74) is 0. The molecule has 0 aliphatic heterocycles. The van der Waals surface area contributed by atoms with Crippen molar-refractivity contribution in [2.45, 2.75) is 13.3 Å². The summed E-state index contributed by atoms with van der Waals surface area (Å²) in [6.45, 7) is 2.68. The topological polar surface area (TPSA) is 76.7 Å². The van der Waals surface area contributed by atoms with E-state index in [0.717, 1.165) is 16.0 Å². The van der Waals surface area contributed by atoms with Crippen LogP contribution in [-0.4, -0.2) is 26.7 Å². The fraction of sp³-hybridized carbons (Fsp3) is 0.273. The Hall–Kier alpha value is -1.73. The first-order valence-corrected chi connectivity index (χ1v) is 6.84. The standard InChI is InChI=1S/C11H10ClN5OS/c1-6-4-7-9(15-11(12)16-10(7)19-6)13-3-2-8-14-5-18-17-8/h4-5H,2-3H2,1H3,(H,13,15,16). The number of fused-ring (bicyclic) bond motifs is 1. The van der Waals surface area contributed by atoms with E-state index in [4.69, 9.17) is 11.6 Å². The number of nitrogens with zero attached hydrogens (tertiary/aromatic N) is 4. The van der Waals surface area contributed by atoms with Crippen LogP contribution in [0.5, 0.6) is 0 Å². The number of hydrogen-bond acceptors (Lipinski definition) is 7. The second kappa shape index (κ2) is 5.10. The molecule has 98 valence electrons. The van der Waals surface area contributed by atoms with Gasteiger partial charge in [0.05, 0.1) is 5.39 Å². The third-order valence-corrected chi connectivity index (χ3v) is 3.65. The molecule has 0 atom stereocenters. The lowest BCUT2D eigenvalue weighted by molar-refractivity contribution is 0.410. The molecular weight excluding hydrogens is 286 g/mol. The van der Waals surface area contributed by atoms with Crippen molar-refractivity contribution in [2.24, 2.45) is 0 Å². The van der Waals surface area contributed by atoms with E-state index in [0.29, 0.717) is 18.8 Å². The highest BCUT2D eigenvalue weighted by Crippen LogP contribution is 2.29. The number of hydrogen-bond donors (Lipinski definition) is 1. The van der Waals surface area contributed by atoms with Gasteiger partial charge in [-0.2, -0.15) is 4.98 Å². The van der Waals surface area contributed by atoms with Gasteiger partial charge in [-0.3, -0.25) is 0 Å². The molecule has 0 fully saturated rings. The van der Waals surface area contributed by atoms with Crippen molar-refractivity contribution in [3.63, 3.8) is 0 Å². The summed E-state index contributed by atoms with van der Waals surface area (Å²) in [6.07, 6.45) is 1.97. The Bertz CT molecular complexity index is 696. The zero-order valence-electron chi connectivity index (χ0n) is 10.1. The van der Waals surface area contributed by atoms with E-state index in [9.17, 15) is 0 Å². The molecule has 0 bridgehead atoms. The Balaban J connectivity index is 1.79. The summed E-state index contributed by atoms with van der Waals surface area (Å²) >= 11 is 7.51. The third kappa shape index (κ3) is 2.66. The van der Waals surface area contributed by atoms with Gasteiger partial charge < -0.3 is 9.84 Å². The van der Waals surface area contributed by atoms with E-state index in [2.05, 4.69) is 29.9 Å². The van der Waals surface area contributed by atoms with Gasteiger partial charge in [-0.05, 0) is 24.6 Å². The summed E-state index contributed by atoms with van der Waals surface area (Å²) in [6, 6.07) is 2.05. The molecule has 0 aliphatic rings. The highest BCUT2D eigenvalue weighted by molar-refractivity contribution is 7.18. The van der Waals surface area contributed by atoms with Crippen LogP contribution in [0.1, 0.15) is 10.7 Å². The van der Waals surface area contributed by atoms with Gasteiger partial charge in [0, 0.05) is 17.8 Å². The van der Waals surface area contributed by atoms with E-state index in [1.807, 2.05) is 13.0 Å². The minimum Gasteiger partial charge on any atom is -0.369 e. The number of halogens is 1.